The van der Waals surface area contributed by atoms with Gasteiger partial charge in [-0.1, -0.05) is 201 Å². The van der Waals surface area contributed by atoms with Crippen LogP contribution in [0.3, 0.4) is 0 Å². The van der Waals surface area contributed by atoms with Gasteiger partial charge in [0.25, 0.3) is 0 Å². The Kier molecular flexibility index (Phi) is 17.1. The molecule has 0 saturated heterocycles. The molecule has 0 fully saturated rings. The summed E-state index contributed by atoms with van der Waals surface area (Å²) < 4.78 is 2.30. The monoisotopic (exact) mass is 1160 g/mol. The predicted molar refractivity (Wildman–Crippen MR) is 362 cm³/mol. The fraction of sp³-hybridized carbons (Fsp3) is 0.462. The van der Waals surface area contributed by atoms with Crippen LogP contribution >= 0.6 is 0 Å². The second-order valence-corrected chi connectivity index (χ2v) is 30.2. The van der Waals surface area contributed by atoms with Crippen molar-refractivity contribution < 1.29 is 19.5 Å². The molecule has 8 nitrogen and oxygen atoms in total. The molecule has 9 rings (SSSR count). The van der Waals surface area contributed by atoms with Gasteiger partial charge in [0.2, 0.25) is 34.7 Å². The summed E-state index contributed by atoms with van der Waals surface area (Å²) in [5.74, 6) is -1.30. The van der Waals surface area contributed by atoms with E-state index in [0.717, 1.165) is 72.7 Å². The Labute approximate surface area is 516 Å². The molecule has 454 valence electrons. The predicted octanol–water partition coefficient (Wildman–Crippen LogP) is 19.7. The summed E-state index contributed by atoms with van der Waals surface area (Å²) in [4.78, 5) is 47.0. The fourth-order valence-electron chi connectivity index (χ4n) is 13.2. The van der Waals surface area contributed by atoms with Crippen molar-refractivity contribution in [2.75, 3.05) is 10.2 Å². The number of amides is 2. The first-order chi connectivity index (χ1) is 40.2. The number of aliphatic hydroxyl groups is 1. The molecule has 4 aliphatic rings. The van der Waals surface area contributed by atoms with Gasteiger partial charge in [0, 0.05) is 74.9 Å². The molecule has 2 aliphatic carbocycles. The average Bonchev–Trinajstić information content (AvgIpc) is 0.817. The third-order valence-electron chi connectivity index (χ3n) is 19.2. The summed E-state index contributed by atoms with van der Waals surface area (Å²) >= 11 is 0. The molecular formula is C78H99N4O4+. The lowest BCUT2D eigenvalue weighted by Crippen LogP contribution is -2.35. The number of rotatable bonds is 14. The minimum absolute atomic E-state index is 0.0885. The number of benzene rings is 5. The Morgan fingerprint density at radius 2 is 0.977 bits per heavy atom. The molecule has 5 aromatic carbocycles. The number of carbonyl (C=O) groups is 3. The molecule has 2 aliphatic heterocycles. The second kappa shape index (κ2) is 23.2. The van der Waals surface area contributed by atoms with Gasteiger partial charge in [0.05, 0.1) is 33.9 Å². The number of hydrogen-bond acceptors (Lipinski definition) is 5. The molecular weight excluding hydrogens is 1060 g/mol. The topological polar surface area (TPSA) is 102 Å². The van der Waals surface area contributed by atoms with Gasteiger partial charge < -0.3 is 20.6 Å². The number of Topliss-reactive ketones (excluding diaryl/α,β-unsaturated/α-hetero) is 1. The smallest absolute Gasteiger partial charge is 0.227 e. The largest absolute Gasteiger partial charge is 0.506 e. The van der Waals surface area contributed by atoms with Gasteiger partial charge >= 0.3 is 0 Å². The van der Waals surface area contributed by atoms with Crippen molar-refractivity contribution in [3.8, 4) is 0 Å². The molecule has 0 radical (unpaired) electrons. The van der Waals surface area contributed by atoms with Crippen LogP contribution in [0.5, 0.6) is 0 Å². The Hall–Kier alpha value is -7.06. The lowest BCUT2D eigenvalue weighted by atomic mass is 9.70. The van der Waals surface area contributed by atoms with Crippen molar-refractivity contribution in [2.24, 2.45) is 11.8 Å². The van der Waals surface area contributed by atoms with Crippen molar-refractivity contribution in [1.82, 2.24) is 9.89 Å². The Balaban J connectivity index is 1.25. The molecule has 8 heteroatoms. The number of hydrogen-bond donors (Lipinski definition) is 3. The zero-order valence-electron chi connectivity index (χ0n) is 55.8. The Morgan fingerprint density at radius 1 is 0.547 bits per heavy atom. The lowest BCUT2D eigenvalue weighted by Gasteiger charge is -2.43. The highest BCUT2D eigenvalue weighted by atomic mass is 16.3. The van der Waals surface area contributed by atoms with Crippen LogP contribution in [-0.4, -0.2) is 28.4 Å². The molecule has 3 N–H and O–H groups in total. The van der Waals surface area contributed by atoms with Crippen LogP contribution in [0.2, 0.25) is 0 Å². The average molecular weight is 1160 g/mol. The molecule has 0 aromatic heterocycles. The van der Waals surface area contributed by atoms with E-state index < -0.39 is 0 Å². The fourth-order valence-corrected chi connectivity index (χ4v) is 13.2. The molecule has 0 bridgehead atoms. The lowest BCUT2D eigenvalue weighted by molar-refractivity contribution is -0.124. The quantitative estimate of drug-likeness (QED) is 0.0760. The highest BCUT2D eigenvalue weighted by Gasteiger charge is 2.46. The Morgan fingerprint density at radius 3 is 1.41 bits per heavy atom. The number of carbonyl (C=O) groups excluding carboxylic acids is 3. The molecule has 0 spiro atoms. The van der Waals surface area contributed by atoms with E-state index in [1.807, 2.05) is 50.3 Å². The first kappa shape index (κ1) is 63.4. The third kappa shape index (κ3) is 11.7. The maximum atomic E-state index is 15.4. The maximum Gasteiger partial charge on any atom is 0.227 e. The highest BCUT2D eigenvalue weighted by Crippen LogP contribution is 2.55. The van der Waals surface area contributed by atoms with Gasteiger partial charge in [-0.3, -0.25) is 14.4 Å². The van der Waals surface area contributed by atoms with Crippen molar-refractivity contribution in [3.63, 3.8) is 0 Å². The summed E-state index contributed by atoms with van der Waals surface area (Å²) in [5, 5.41) is 19.4. The van der Waals surface area contributed by atoms with E-state index in [2.05, 4.69) is 218 Å². The van der Waals surface area contributed by atoms with Crippen LogP contribution in [-0.2, 0) is 46.9 Å². The van der Waals surface area contributed by atoms with Gasteiger partial charge in [0.1, 0.15) is 5.76 Å². The van der Waals surface area contributed by atoms with Crippen molar-refractivity contribution in [1.29, 1.82) is 0 Å². The number of allylic oxidation sites excluding steroid dienone is 5. The standard InChI is InChI=1S/C78H98N4O4/c1-21-25-27-47(23-3)71(85)79-61-45-53(81-63-37-29-49(73(5,6)7)41-57(63)77(17,18)58-42-50(74(8,9)10)30-38-64(58)81)33-35-55(61)67-69(83)68(70(67)84)56-36-34-54(46-62(56)80-72(86)48(24-4)28-26-22-2)82-65-39-31-51(75(11,12)13)43-59(65)78(19,20)60-44-52(76(14,15)16)32-40-66(60)82/h29-48H,21-28H2,1-20H3,(H2,79,80,83,84,85,86)/p+1. The first-order valence-corrected chi connectivity index (χ1v) is 32.1. The summed E-state index contributed by atoms with van der Waals surface area (Å²) in [6, 6.07) is 33.2. The number of nitrogens with one attached hydrogen (secondary N) is 2. The van der Waals surface area contributed by atoms with Crippen molar-refractivity contribution in [2.45, 2.75) is 222 Å². The Bertz CT molecular complexity index is 3570. The van der Waals surface area contributed by atoms with Crippen LogP contribution in [0.25, 0.3) is 5.57 Å². The summed E-state index contributed by atoms with van der Waals surface area (Å²) in [7, 11) is 0. The third-order valence-corrected chi connectivity index (χ3v) is 19.2. The van der Waals surface area contributed by atoms with E-state index in [4.69, 9.17) is 0 Å². The number of anilines is 4. The van der Waals surface area contributed by atoms with E-state index in [0.29, 0.717) is 35.4 Å². The maximum absolute atomic E-state index is 15.4. The number of aliphatic hydroxyl groups excluding tert-OH is 1. The highest BCUT2D eigenvalue weighted by molar-refractivity contribution is 6.40. The first-order valence-electron chi connectivity index (χ1n) is 32.1. The van der Waals surface area contributed by atoms with Gasteiger partial charge in [-0.05, 0) is 129 Å². The number of nitrogens with zero attached hydrogens (tertiary/aromatic N) is 2. The van der Waals surface area contributed by atoms with Crippen LogP contribution < -0.4 is 20.1 Å². The second-order valence-electron chi connectivity index (χ2n) is 30.2. The van der Waals surface area contributed by atoms with E-state index in [1.54, 1.807) is 0 Å². The van der Waals surface area contributed by atoms with Gasteiger partial charge in [0.15, 0.2) is 0 Å². The van der Waals surface area contributed by atoms with E-state index >= 15 is 4.79 Å². The minimum atomic E-state index is -0.371. The molecule has 2 heterocycles. The number of unbranched alkanes of at least 4 members (excludes halogenated alkanes) is 2. The van der Waals surface area contributed by atoms with Gasteiger partial charge in [-0.2, -0.15) is 4.58 Å². The molecule has 2 unspecified atom stereocenters. The molecule has 86 heavy (non-hydrogen) atoms. The van der Waals surface area contributed by atoms with Gasteiger partial charge in [-0.15, -0.1) is 0 Å². The van der Waals surface area contributed by atoms with E-state index in [1.165, 1.54) is 44.5 Å². The SMILES string of the molecule is CCCCC(CC)C(=O)NC1=CC(=[N+]2c3ccc(C(C)(C)C)cc3C(C)(C)c3cc(C(C)(C)C)ccc32)C=CC1=C1C(=O)C(c2ccc(N3c4ccc(C(C)(C)C)cc4C(C)(C)c4cc(C(C)(C)C)ccc43)cc2NC(=O)C(CC)CCCC)=C1O. The number of ketones is 1. The van der Waals surface area contributed by atoms with Crippen molar-refractivity contribution in [3.05, 3.63) is 182 Å². The zero-order chi connectivity index (χ0) is 63.0. The normalized spacial score (nSPS) is 17.9. The van der Waals surface area contributed by atoms with Crippen LogP contribution in [0, 0.1) is 11.8 Å². The summed E-state index contributed by atoms with van der Waals surface area (Å²) in [5.41, 5.74) is 16.5. The molecule has 2 amide bonds. The molecule has 2 atom stereocenters. The summed E-state index contributed by atoms with van der Waals surface area (Å²) in [6.07, 6.45) is 12.4. The van der Waals surface area contributed by atoms with Gasteiger partial charge in [-0.25, -0.2) is 0 Å². The van der Waals surface area contributed by atoms with Crippen LogP contribution in [0.4, 0.5) is 34.1 Å². The summed E-state index contributed by atoms with van der Waals surface area (Å²) in [6.45, 7) is 44.7. The van der Waals surface area contributed by atoms with E-state index in [9.17, 15) is 14.7 Å². The zero-order valence-corrected chi connectivity index (χ0v) is 55.8. The molecule has 5 aromatic rings. The number of fused-ring (bicyclic) bond motifs is 4. The van der Waals surface area contributed by atoms with Crippen LogP contribution in [0.15, 0.2) is 132 Å². The van der Waals surface area contributed by atoms with Crippen LogP contribution in [0.1, 0.15) is 240 Å². The minimum Gasteiger partial charge on any atom is -0.506 e. The van der Waals surface area contributed by atoms with E-state index in [-0.39, 0.29) is 78.8 Å². The van der Waals surface area contributed by atoms with Crippen molar-refractivity contribution >= 4 is 63.0 Å². The molecule has 0 saturated carbocycles.